The average Bonchev–Trinajstić information content (AvgIpc) is 3.40. The number of benzene rings is 1. The first-order valence-corrected chi connectivity index (χ1v) is 11.8. The van der Waals surface area contributed by atoms with Gasteiger partial charge in [0.05, 0.1) is 16.4 Å². The number of aryl methyl sites for hydroxylation is 1. The number of anilines is 1. The second-order valence-corrected chi connectivity index (χ2v) is 10.6. The molecular formula is C22H26N4O3S. The summed E-state index contributed by atoms with van der Waals surface area (Å²) in [4.78, 5) is 11.2. The number of nitrogens with zero attached hydrogens (tertiary/aromatic N) is 4. The van der Waals surface area contributed by atoms with Gasteiger partial charge in [0.25, 0.3) is 10.0 Å². The Morgan fingerprint density at radius 1 is 1.03 bits per heavy atom. The Balaban J connectivity index is 1.49. The fourth-order valence-electron chi connectivity index (χ4n) is 5.26. The summed E-state index contributed by atoms with van der Waals surface area (Å²) in [5, 5.41) is 10.6. The number of rotatable bonds is 4. The molecule has 0 amide bonds. The first-order chi connectivity index (χ1) is 14.3. The van der Waals surface area contributed by atoms with E-state index in [4.69, 9.17) is 0 Å². The van der Waals surface area contributed by atoms with Crippen molar-refractivity contribution in [2.24, 2.45) is 11.8 Å². The maximum absolute atomic E-state index is 13.2. The molecule has 2 heterocycles. The second-order valence-electron chi connectivity index (χ2n) is 8.75. The summed E-state index contributed by atoms with van der Waals surface area (Å²) in [6.45, 7) is 1.93. The largest absolute Gasteiger partial charge is 0.393 e. The quantitative estimate of drug-likeness (QED) is 0.690. The zero-order valence-corrected chi connectivity index (χ0v) is 18.0. The van der Waals surface area contributed by atoms with Gasteiger partial charge < -0.3 is 10.0 Å². The van der Waals surface area contributed by atoms with E-state index < -0.39 is 10.0 Å². The number of hydrogen-bond donors (Lipinski definition) is 1. The Morgan fingerprint density at radius 2 is 1.70 bits per heavy atom. The standard InChI is InChI=1S/C22H26N4O3S/c1-14-3-5-19(6-4-14)30(28,29)26-8-7-20-21(23-13-24-22(20)26)25(2)17-9-15-11-18(27)12-16(15)10-17/h3-8,13,15-18,27H,9-12H2,1-2H3/t15-,16?,17?,18?/m0/s1. The van der Waals surface area contributed by atoms with Crippen molar-refractivity contribution in [2.45, 2.75) is 49.6 Å². The van der Waals surface area contributed by atoms with E-state index in [9.17, 15) is 13.5 Å². The van der Waals surface area contributed by atoms with Crippen LogP contribution in [0.5, 0.6) is 0 Å². The van der Waals surface area contributed by atoms with Crippen LogP contribution < -0.4 is 4.90 Å². The molecule has 7 nitrogen and oxygen atoms in total. The molecule has 158 valence electrons. The first kappa shape index (κ1) is 19.5. The molecule has 0 radical (unpaired) electrons. The lowest BCUT2D eigenvalue weighted by Crippen LogP contribution is -2.31. The lowest BCUT2D eigenvalue weighted by atomic mass is 10.0. The van der Waals surface area contributed by atoms with Crippen molar-refractivity contribution in [3.8, 4) is 0 Å². The molecule has 2 aromatic heterocycles. The van der Waals surface area contributed by atoms with Crippen LogP contribution >= 0.6 is 0 Å². The number of hydrogen-bond acceptors (Lipinski definition) is 6. The minimum Gasteiger partial charge on any atom is -0.393 e. The van der Waals surface area contributed by atoms with Crippen LogP contribution in [0, 0.1) is 18.8 Å². The third-order valence-electron chi connectivity index (χ3n) is 6.85. The van der Waals surface area contributed by atoms with Crippen molar-refractivity contribution < 1.29 is 13.5 Å². The van der Waals surface area contributed by atoms with Gasteiger partial charge >= 0.3 is 0 Å². The maximum Gasteiger partial charge on any atom is 0.269 e. The molecule has 0 spiro atoms. The summed E-state index contributed by atoms with van der Waals surface area (Å²) < 4.78 is 27.6. The molecule has 0 saturated heterocycles. The van der Waals surface area contributed by atoms with Gasteiger partial charge in [-0.2, -0.15) is 0 Å². The van der Waals surface area contributed by atoms with Crippen molar-refractivity contribution in [3.05, 3.63) is 48.4 Å². The lowest BCUT2D eigenvalue weighted by Gasteiger charge is -2.27. The Kier molecular flexibility index (Phi) is 4.59. The van der Waals surface area contributed by atoms with Crippen LogP contribution in [-0.2, 0) is 10.0 Å². The van der Waals surface area contributed by atoms with Crippen LogP contribution in [0.15, 0.2) is 47.8 Å². The normalized spacial score (nSPS) is 26.2. The van der Waals surface area contributed by atoms with E-state index >= 15 is 0 Å². The highest BCUT2D eigenvalue weighted by Crippen LogP contribution is 2.46. The van der Waals surface area contributed by atoms with Crippen LogP contribution in [0.4, 0.5) is 5.82 Å². The SMILES string of the molecule is Cc1ccc(S(=O)(=O)n2ccc3c(N(C)C4CC5CC(O)C[C@@H]5C4)ncnc32)cc1. The smallest absolute Gasteiger partial charge is 0.269 e. The lowest BCUT2D eigenvalue weighted by molar-refractivity contribution is 0.171. The summed E-state index contributed by atoms with van der Waals surface area (Å²) in [7, 11) is -1.72. The summed E-state index contributed by atoms with van der Waals surface area (Å²) in [5.41, 5.74) is 1.40. The Bertz CT molecular complexity index is 1170. The zero-order chi connectivity index (χ0) is 21.0. The van der Waals surface area contributed by atoms with Crippen LogP contribution in [-0.4, -0.2) is 46.7 Å². The third kappa shape index (κ3) is 3.09. The first-order valence-electron chi connectivity index (χ1n) is 10.4. The molecule has 2 fully saturated rings. The van der Waals surface area contributed by atoms with E-state index in [2.05, 4.69) is 14.9 Å². The molecule has 2 saturated carbocycles. The van der Waals surface area contributed by atoms with Crippen LogP contribution in [0.1, 0.15) is 31.2 Å². The molecular weight excluding hydrogens is 400 g/mol. The van der Waals surface area contributed by atoms with Gasteiger partial charge in [-0.05, 0) is 62.6 Å². The highest BCUT2D eigenvalue weighted by molar-refractivity contribution is 7.90. The van der Waals surface area contributed by atoms with Crippen molar-refractivity contribution in [2.75, 3.05) is 11.9 Å². The zero-order valence-electron chi connectivity index (χ0n) is 17.1. The Morgan fingerprint density at radius 3 is 2.37 bits per heavy atom. The van der Waals surface area contributed by atoms with Crippen LogP contribution in [0.3, 0.4) is 0 Å². The van der Waals surface area contributed by atoms with E-state index in [0.29, 0.717) is 23.5 Å². The average molecular weight is 427 g/mol. The number of fused-ring (bicyclic) bond motifs is 2. The van der Waals surface area contributed by atoms with Gasteiger partial charge in [0, 0.05) is 19.3 Å². The Labute approximate surface area is 176 Å². The topological polar surface area (TPSA) is 88.3 Å². The summed E-state index contributed by atoms with van der Waals surface area (Å²) in [5.74, 6) is 1.89. The van der Waals surface area contributed by atoms with Gasteiger partial charge in [-0.25, -0.2) is 22.4 Å². The van der Waals surface area contributed by atoms with Crippen LogP contribution in [0.25, 0.3) is 11.0 Å². The summed E-state index contributed by atoms with van der Waals surface area (Å²) in [6.07, 6.45) is 6.69. The molecule has 4 atom stereocenters. The molecule has 3 aromatic rings. The summed E-state index contributed by atoms with van der Waals surface area (Å²) in [6, 6.07) is 8.95. The van der Waals surface area contributed by atoms with Gasteiger partial charge in [0.1, 0.15) is 12.1 Å². The van der Waals surface area contributed by atoms with E-state index in [1.807, 2.05) is 14.0 Å². The fourth-order valence-corrected chi connectivity index (χ4v) is 6.56. The molecule has 3 unspecified atom stereocenters. The summed E-state index contributed by atoms with van der Waals surface area (Å²) >= 11 is 0. The molecule has 8 heteroatoms. The fraction of sp³-hybridized carbons (Fsp3) is 0.455. The van der Waals surface area contributed by atoms with Gasteiger partial charge in [0.2, 0.25) is 0 Å². The minimum atomic E-state index is -3.74. The highest BCUT2D eigenvalue weighted by Gasteiger charge is 2.42. The maximum atomic E-state index is 13.2. The third-order valence-corrected chi connectivity index (χ3v) is 8.53. The number of aliphatic hydroxyl groups is 1. The molecule has 30 heavy (non-hydrogen) atoms. The molecule has 1 aromatic carbocycles. The van der Waals surface area contributed by atoms with E-state index in [-0.39, 0.29) is 11.0 Å². The van der Waals surface area contributed by atoms with E-state index in [1.165, 1.54) is 10.3 Å². The van der Waals surface area contributed by atoms with Gasteiger partial charge in [-0.3, -0.25) is 0 Å². The minimum absolute atomic E-state index is 0.155. The van der Waals surface area contributed by atoms with Crippen molar-refractivity contribution >= 4 is 26.9 Å². The number of aromatic nitrogens is 3. The second kappa shape index (κ2) is 7.06. The predicted octanol–water partition coefficient (Wildman–Crippen LogP) is 2.96. The molecule has 2 aliphatic rings. The molecule has 2 aliphatic carbocycles. The molecule has 5 rings (SSSR count). The number of aliphatic hydroxyl groups excluding tert-OH is 1. The molecule has 1 N–H and O–H groups in total. The van der Waals surface area contributed by atoms with Crippen molar-refractivity contribution in [1.29, 1.82) is 0 Å². The predicted molar refractivity (Wildman–Crippen MR) is 115 cm³/mol. The van der Waals surface area contributed by atoms with Gasteiger partial charge in [0.15, 0.2) is 5.65 Å². The van der Waals surface area contributed by atoms with Gasteiger partial charge in [-0.15, -0.1) is 0 Å². The van der Waals surface area contributed by atoms with Crippen molar-refractivity contribution in [1.82, 2.24) is 13.9 Å². The van der Waals surface area contributed by atoms with Crippen molar-refractivity contribution in [3.63, 3.8) is 0 Å². The highest BCUT2D eigenvalue weighted by atomic mass is 32.2. The van der Waals surface area contributed by atoms with Gasteiger partial charge in [-0.1, -0.05) is 17.7 Å². The van der Waals surface area contributed by atoms with E-state index in [1.54, 1.807) is 36.5 Å². The molecule has 0 aliphatic heterocycles. The van der Waals surface area contributed by atoms with E-state index in [0.717, 1.165) is 42.5 Å². The monoisotopic (exact) mass is 426 g/mol. The van der Waals surface area contributed by atoms with Crippen LogP contribution in [0.2, 0.25) is 0 Å². The molecule has 0 bridgehead atoms. The Hall–Kier alpha value is -2.45.